The van der Waals surface area contributed by atoms with Gasteiger partial charge in [0.25, 0.3) is 5.91 Å². The van der Waals surface area contributed by atoms with Crippen LogP contribution in [-0.4, -0.2) is 111 Å². The molecule has 9 nitrogen and oxygen atoms in total. The highest BCUT2D eigenvalue weighted by Gasteiger charge is 2.47. The van der Waals surface area contributed by atoms with E-state index >= 15 is 0 Å². The molecule has 0 radical (unpaired) electrons. The maximum absolute atomic E-state index is 13.0. The van der Waals surface area contributed by atoms with Crippen LogP contribution < -0.4 is 26.2 Å². The van der Waals surface area contributed by atoms with E-state index in [-0.39, 0.29) is 11.9 Å². The number of hydrogen-bond acceptors (Lipinski definition) is 5. The highest BCUT2D eigenvalue weighted by molar-refractivity contribution is 5.81. The number of fused-ring (bicyclic) bond motifs is 1. The molecule has 34 heavy (non-hydrogen) atoms. The Hall–Kier alpha value is -1.26. The lowest BCUT2D eigenvalue weighted by Gasteiger charge is -2.39. The summed E-state index contributed by atoms with van der Waals surface area (Å²) in [5.41, 5.74) is 0. The molecule has 0 spiro atoms. The minimum Gasteiger partial charge on any atom is -0.345 e. The first-order valence-electron chi connectivity index (χ1n) is 14.1. The monoisotopic (exact) mass is 477 g/mol. The molecule has 0 aromatic heterocycles. The lowest BCUT2D eigenvalue weighted by molar-refractivity contribution is -0.930. The Balaban J connectivity index is 1.06. The number of carbonyl (C=O) groups is 2. The first-order chi connectivity index (χ1) is 16.7. The second kappa shape index (κ2) is 11.6. The molecule has 0 aromatic carbocycles. The zero-order valence-corrected chi connectivity index (χ0v) is 20.9. The standard InChI is InChI=1S/C25H45N7O2/c33-24(31-13-11-30(12-14-31)23-6-2-4-10-27-23)8-7-21-17-29-25(34)22-15-20(18-32(21)22)28-16-19-5-1-3-9-26-19/h19-23,26-28H,1-18H2,(H,29,34)/p+2/t19?,20-,21-,22-,23?/m1/s1. The predicted octanol–water partition coefficient (Wildman–Crippen LogP) is -2.76. The number of quaternary nitrogens is 2. The second-order valence-electron chi connectivity index (χ2n) is 11.3. The molecule has 5 saturated heterocycles. The zero-order chi connectivity index (χ0) is 23.3. The molecule has 5 aliphatic heterocycles. The number of carbonyl (C=O) groups excluding carboxylic acids is 2. The third-order valence-electron chi connectivity index (χ3n) is 9.11. The summed E-state index contributed by atoms with van der Waals surface area (Å²) in [6, 6.07) is 1.36. The topological polar surface area (TPSA) is 97.8 Å². The van der Waals surface area contributed by atoms with Crippen LogP contribution in [0.4, 0.5) is 0 Å². The normalized spacial score (nSPS) is 37.3. The molecular formula is C25H47N7O2+2. The first-order valence-corrected chi connectivity index (χ1v) is 14.1. The molecule has 2 amide bonds. The fraction of sp³-hybridized carbons (Fsp3) is 0.920. The van der Waals surface area contributed by atoms with Crippen molar-refractivity contribution in [3.63, 3.8) is 0 Å². The minimum absolute atomic E-state index is 0.0426. The van der Waals surface area contributed by atoms with Crippen LogP contribution in [0.15, 0.2) is 0 Å². The molecule has 0 aromatic rings. The van der Waals surface area contributed by atoms with Crippen LogP contribution in [0.1, 0.15) is 57.8 Å². The Labute approximate surface area is 204 Å². The van der Waals surface area contributed by atoms with Crippen molar-refractivity contribution in [3.05, 3.63) is 0 Å². The molecular weight excluding hydrogens is 430 g/mol. The van der Waals surface area contributed by atoms with Crippen molar-refractivity contribution in [2.45, 2.75) is 88.1 Å². The van der Waals surface area contributed by atoms with E-state index in [4.69, 9.17) is 0 Å². The minimum atomic E-state index is 0.0426. The molecule has 5 fully saturated rings. The van der Waals surface area contributed by atoms with E-state index in [0.717, 1.165) is 58.7 Å². The summed E-state index contributed by atoms with van der Waals surface area (Å²) >= 11 is 0. The smallest absolute Gasteiger partial charge is 0.278 e. The van der Waals surface area contributed by atoms with E-state index in [1.807, 2.05) is 0 Å². The first kappa shape index (κ1) is 24.4. The summed E-state index contributed by atoms with van der Waals surface area (Å²) in [5, 5.41) is 13.0. The molecule has 3 unspecified atom stereocenters. The Morgan fingerprint density at radius 1 is 1.12 bits per heavy atom. The SMILES string of the molecule is O=C1NC[C@@H](CCC(=O)N2CCN(C3CCCC[NH2+]3)CC2)[NH+]2C[C@H](NCC3CCCCN3)C[C@H]12. The summed E-state index contributed by atoms with van der Waals surface area (Å²) in [7, 11) is 0. The van der Waals surface area contributed by atoms with Gasteiger partial charge in [0.15, 0.2) is 6.04 Å². The molecule has 5 aliphatic rings. The van der Waals surface area contributed by atoms with Crippen LogP contribution in [0.2, 0.25) is 0 Å². The van der Waals surface area contributed by atoms with Gasteiger partial charge in [-0.05, 0) is 32.2 Å². The van der Waals surface area contributed by atoms with Crippen molar-refractivity contribution in [1.82, 2.24) is 25.8 Å². The zero-order valence-electron chi connectivity index (χ0n) is 20.9. The number of hydrogen-bond donors (Lipinski definition) is 5. The lowest BCUT2D eigenvalue weighted by Crippen LogP contribution is -3.21. The van der Waals surface area contributed by atoms with Crippen LogP contribution in [-0.2, 0) is 9.59 Å². The molecule has 5 heterocycles. The number of nitrogens with zero attached hydrogens (tertiary/aromatic N) is 2. The van der Waals surface area contributed by atoms with E-state index in [0.29, 0.717) is 43.2 Å². The van der Waals surface area contributed by atoms with E-state index in [1.54, 1.807) is 0 Å². The number of piperazine rings is 2. The van der Waals surface area contributed by atoms with Crippen molar-refractivity contribution >= 4 is 11.8 Å². The Bertz CT molecular complexity index is 687. The van der Waals surface area contributed by atoms with E-state index in [1.165, 1.54) is 50.0 Å². The Morgan fingerprint density at radius 3 is 2.74 bits per heavy atom. The van der Waals surface area contributed by atoms with E-state index in [9.17, 15) is 9.59 Å². The maximum atomic E-state index is 13.0. The Kier molecular flexibility index (Phi) is 8.37. The summed E-state index contributed by atoms with van der Waals surface area (Å²) in [6.45, 7) is 8.83. The van der Waals surface area contributed by atoms with Crippen LogP contribution in [0.25, 0.3) is 0 Å². The number of rotatable bonds is 7. The van der Waals surface area contributed by atoms with Gasteiger partial charge in [-0.15, -0.1) is 0 Å². The van der Waals surface area contributed by atoms with E-state index in [2.05, 4.69) is 31.1 Å². The van der Waals surface area contributed by atoms with Gasteiger partial charge in [0.05, 0.1) is 25.7 Å². The van der Waals surface area contributed by atoms with Gasteiger partial charge < -0.3 is 31.1 Å². The fourth-order valence-electron chi connectivity index (χ4n) is 7.02. The maximum Gasteiger partial charge on any atom is 0.278 e. The second-order valence-corrected chi connectivity index (χ2v) is 11.3. The van der Waals surface area contributed by atoms with Gasteiger partial charge in [-0.1, -0.05) is 6.42 Å². The average molecular weight is 478 g/mol. The largest absolute Gasteiger partial charge is 0.345 e. The van der Waals surface area contributed by atoms with Gasteiger partial charge in [0.2, 0.25) is 5.91 Å². The van der Waals surface area contributed by atoms with Crippen molar-refractivity contribution in [2.24, 2.45) is 0 Å². The summed E-state index contributed by atoms with van der Waals surface area (Å²) in [6.07, 6.45) is 10.8. The third kappa shape index (κ3) is 5.93. The summed E-state index contributed by atoms with van der Waals surface area (Å²) in [5.74, 6) is 0.505. The molecule has 0 bridgehead atoms. The quantitative estimate of drug-likeness (QED) is 0.274. The Morgan fingerprint density at radius 2 is 1.97 bits per heavy atom. The summed E-state index contributed by atoms with van der Waals surface area (Å²) < 4.78 is 0. The molecule has 5 rings (SSSR count). The van der Waals surface area contributed by atoms with Crippen molar-refractivity contribution in [2.75, 3.05) is 58.9 Å². The molecule has 0 aliphatic carbocycles. The summed E-state index contributed by atoms with van der Waals surface area (Å²) in [4.78, 5) is 31.6. The van der Waals surface area contributed by atoms with Crippen LogP contribution in [0.5, 0.6) is 0 Å². The number of piperidine rings is 2. The number of amides is 2. The lowest BCUT2D eigenvalue weighted by atomic mass is 10.0. The van der Waals surface area contributed by atoms with Crippen LogP contribution in [0, 0.1) is 0 Å². The fourth-order valence-corrected chi connectivity index (χ4v) is 7.02. The van der Waals surface area contributed by atoms with Crippen molar-refractivity contribution in [1.29, 1.82) is 0 Å². The highest BCUT2D eigenvalue weighted by atomic mass is 16.2. The number of nitrogens with two attached hydrogens (primary N) is 1. The highest BCUT2D eigenvalue weighted by Crippen LogP contribution is 2.14. The molecule has 192 valence electrons. The van der Waals surface area contributed by atoms with Crippen LogP contribution in [0.3, 0.4) is 0 Å². The molecule has 9 heteroatoms. The van der Waals surface area contributed by atoms with Gasteiger partial charge in [0, 0.05) is 64.4 Å². The van der Waals surface area contributed by atoms with Crippen molar-refractivity contribution < 1.29 is 19.8 Å². The van der Waals surface area contributed by atoms with Gasteiger partial charge in [-0.3, -0.25) is 14.5 Å². The van der Waals surface area contributed by atoms with E-state index < -0.39 is 0 Å². The van der Waals surface area contributed by atoms with Gasteiger partial charge >= 0.3 is 0 Å². The predicted molar refractivity (Wildman–Crippen MR) is 130 cm³/mol. The third-order valence-corrected chi connectivity index (χ3v) is 9.11. The van der Waals surface area contributed by atoms with Crippen molar-refractivity contribution in [3.8, 4) is 0 Å². The van der Waals surface area contributed by atoms with Gasteiger partial charge in [0.1, 0.15) is 12.2 Å². The van der Waals surface area contributed by atoms with Crippen LogP contribution >= 0.6 is 0 Å². The number of nitrogens with one attached hydrogen (secondary N) is 4. The van der Waals surface area contributed by atoms with Gasteiger partial charge in [-0.2, -0.15) is 0 Å². The molecule has 6 N–H and O–H groups in total. The average Bonchev–Trinajstić information content (AvgIpc) is 3.34. The molecule has 0 saturated carbocycles. The van der Waals surface area contributed by atoms with Gasteiger partial charge in [-0.25, -0.2) is 0 Å². The molecule has 6 atom stereocenters.